The van der Waals surface area contributed by atoms with Crippen molar-refractivity contribution in [1.82, 2.24) is 9.97 Å². The third-order valence-electron chi connectivity index (χ3n) is 1.52. The highest BCUT2D eigenvalue weighted by Gasteiger charge is 2.30. The number of nitrogen functional groups attached to an aromatic ring is 1. The van der Waals surface area contributed by atoms with E-state index < -0.39 is 12.7 Å². The van der Waals surface area contributed by atoms with Crippen LogP contribution in [-0.2, 0) is 0 Å². The van der Waals surface area contributed by atoms with Crippen LogP contribution in [0.3, 0.4) is 0 Å². The smallest absolute Gasteiger partial charge is 0.368 e. The first-order chi connectivity index (χ1) is 6.79. The van der Waals surface area contributed by atoms with Gasteiger partial charge in [-0.2, -0.15) is 18.2 Å². The van der Waals surface area contributed by atoms with Crippen LogP contribution in [0.1, 0.15) is 0 Å². The first-order valence-corrected chi connectivity index (χ1v) is 4.23. The summed E-state index contributed by atoms with van der Waals surface area (Å²) in [7, 11) is 1.22. The molecule has 1 aromatic heterocycles. The number of aromatic nitrogens is 2. The molecule has 0 saturated carbocycles. The maximum atomic E-state index is 12.1. The van der Waals surface area contributed by atoms with Crippen molar-refractivity contribution in [3.63, 3.8) is 0 Å². The van der Waals surface area contributed by atoms with Gasteiger partial charge in [0.25, 0.3) is 0 Å². The van der Waals surface area contributed by atoms with Gasteiger partial charge in [0.15, 0.2) is 5.82 Å². The standard InChI is InChI=1S/C7H8ClF3N4/c1-15(3-7(9,10)11)5-4(8)2-13-6(12)14-5/h2H,3H2,1H3,(H2,12,13,14). The zero-order valence-electron chi connectivity index (χ0n) is 7.72. The Bertz CT molecular complexity index is 355. The monoisotopic (exact) mass is 240 g/mol. The van der Waals surface area contributed by atoms with Gasteiger partial charge in [0, 0.05) is 7.05 Å². The number of nitrogens with zero attached hydrogens (tertiary/aromatic N) is 3. The summed E-state index contributed by atoms with van der Waals surface area (Å²) in [4.78, 5) is 8.02. The van der Waals surface area contributed by atoms with Crippen molar-refractivity contribution in [2.24, 2.45) is 0 Å². The van der Waals surface area contributed by atoms with E-state index in [4.69, 9.17) is 17.3 Å². The molecule has 4 nitrogen and oxygen atoms in total. The molecule has 0 radical (unpaired) electrons. The van der Waals surface area contributed by atoms with Crippen LogP contribution in [0.5, 0.6) is 0 Å². The zero-order chi connectivity index (χ0) is 11.6. The van der Waals surface area contributed by atoms with E-state index in [9.17, 15) is 13.2 Å². The van der Waals surface area contributed by atoms with Crippen LogP contribution in [0.15, 0.2) is 6.20 Å². The topological polar surface area (TPSA) is 55.0 Å². The second kappa shape index (κ2) is 4.09. The zero-order valence-corrected chi connectivity index (χ0v) is 8.47. The maximum Gasteiger partial charge on any atom is 0.405 e. The summed E-state index contributed by atoms with van der Waals surface area (Å²) in [5.74, 6) is -0.162. The van der Waals surface area contributed by atoms with Crippen LogP contribution in [0.2, 0.25) is 5.02 Å². The Morgan fingerprint density at radius 1 is 1.53 bits per heavy atom. The van der Waals surface area contributed by atoms with Gasteiger partial charge in [0.1, 0.15) is 11.6 Å². The molecule has 15 heavy (non-hydrogen) atoms. The third kappa shape index (κ3) is 3.43. The molecule has 0 bridgehead atoms. The van der Waals surface area contributed by atoms with E-state index in [0.29, 0.717) is 0 Å². The number of hydrogen-bond donors (Lipinski definition) is 1. The molecule has 0 atom stereocenters. The van der Waals surface area contributed by atoms with E-state index in [-0.39, 0.29) is 16.8 Å². The summed E-state index contributed by atoms with van der Waals surface area (Å²) >= 11 is 5.63. The van der Waals surface area contributed by atoms with E-state index in [2.05, 4.69) is 9.97 Å². The van der Waals surface area contributed by atoms with E-state index in [0.717, 1.165) is 11.1 Å². The quantitative estimate of drug-likeness (QED) is 0.855. The Kier molecular flexibility index (Phi) is 3.23. The molecule has 0 aliphatic heterocycles. The number of halogens is 4. The lowest BCUT2D eigenvalue weighted by molar-refractivity contribution is -0.119. The normalized spacial score (nSPS) is 11.5. The van der Waals surface area contributed by atoms with Crippen LogP contribution in [0.25, 0.3) is 0 Å². The summed E-state index contributed by atoms with van der Waals surface area (Å²) in [5.41, 5.74) is 5.24. The van der Waals surface area contributed by atoms with E-state index >= 15 is 0 Å². The Labute approximate surface area is 88.9 Å². The predicted molar refractivity (Wildman–Crippen MR) is 50.8 cm³/mol. The molecule has 0 spiro atoms. The molecule has 0 amide bonds. The minimum atomic E-state index is -4.32. The van der Waals surface area contributed by atoms with Gasteiger partial charge in [-0.1, -0.05) is 11.6 Å². The highest BCUT2D eigenvalue weighted by Crippen LogP contribution is 2.25. The molecule has 0 unspecified atom stereocenters. The molecule has 2 N–H and O–H groups in total. The van der Waals surface area contributed by atoms with Gasteiger partial charge in [-0.05, 0) is 0 Å². The molecule has 8 heteroatoms. The van der Waals surface area contributed by atoms with E-state index in [1.165, 1.54) is 7.05 Å². The molecule has 1 aromatic rings. The molecular formula is C7H8ClF3N4. The summed E-state index contributed by atoms with van der Waals surface area (Å²) < 4.78 is 36.2. The lowest BCUT2D eigenvalue weighted by Gasteiger charge is -2.20. The fourth-order valence-corrected chi connectivity index (χ4v) is 1.22. The van der Waals surface area contributed by atoms with Gasteiger partial charge in [-0.25, -0.2) is 4.98 Å². The first kappa shape index (κ1) is 11.8. The molecule has 0 aliphatic carbocycles. The van der Waals surface area contributed by atoms with Gasteiger partial charge in [0.2, 0.25) is 5.95 Å². The molecule has 1 heterocycles. The Morgan fingerprint density at radius 3 is 2.67 bits per heavy atom. The number of nitrogens with two attached hydrogens (primary N) is 1. The fraction of sp³-hybridized carbons (Fsp3) is 0.429. The van der Waals surface area contributed by atoms with E-state index in [1.54, 1.807) is 0 Å². The van der Waals surface area contributed by atoms with Crippen molar-refractivity contribution in [3.8, 4) is 0 Å². The van der Waals surface area contributed by atoms with Crippen LogP contribution in [0, 0.1) is 0 Å². The number of rotatable bonds is 2. The largest absolute Gasteiger partial charge is 0.405 e. The average Bonchev–Trinajstić information content (AvgIpc) is 2.06. The molecule has 84 valence electrons. The van der Waals surface area contributed by atoms with Crippen molar-refractivity contribution in [2.45, 2.75) is 6.18 Å². The third-order valence-corrected chi connectivity index (χ3v) is 1.79. The molecule has 0 fully saturated rings. The lowest BCUT2D eigenvalue weighted by Crippen LogP contribution is -2.31. The van der Waals surface area contributed by atoms with Crippen molar-refractivity contribution >= 4 is 23.4 Å². The molecular weight excluding hydrogens is 233 g/mol. The lowest BCUT2D eigenvalue weighted by atomic mass is 10.5. The molecule has 0 aliphatic rings. The summed E-state index contributed by atoms with van der Waals surface area (Å²) in [6.07, 6.45) is -3.16. The number of anilines is 2. The summed E-state index contributed by atoms with van der Waals surface area (Å²) in [6, 6.07) is 0. The van der Waals surface area contributed by atoms with Crippen LogP contribution >= 0.6 is 11.6 Å². The predicted octanol–water partition coefficient (Wildman–Crippen LogP) is 1.71. The van der Waals surface area contributed by atoms with Gasteiger partial charge < -0.3 is 10.6 Å². The highest BCUT2D eigenvalue weighted by molar-refractivity contribution is 6.32. The average molecular weight is 241 g/mol. The minimum absolute atomic E-state index is 0.0240. The van der Waals surface area contributed by atoms with E-state index in [1.807, 2.05) is 0 Å². The SMILES string of the molecule is CN(CC(F)(F)F)c1nc(N)ncc1Cl. The highest BCUT2D eigenvalue weighted by atomic mass is 35.5. The first-order valence-electron chi connectivity index (χ1n) is 3.85. The summed E-state index contributed by atoms with van der Waals surface area (Å²) in [5, 5.41) is 0.0240. The molecule has 0 saturated heterocycles. The Hall–Kier alpha value is -1.24. The Morgan fingerprint density at radius 2 is 2.13 bits per heavy atom. The number of alkyl halides is 3. The van der Waals surface area contributed by atoms with Crippen molar-refractivity contribution in [2.75, 3.05) is 24.2 Å². The second-order valence-electron chi connectivity index (χ2n) is 2.87. The van der Waals surface area contributed by atoms with Gasteiger partial charge in [0.05, 0.1) is 6.20 Å². The van der Waals surface area contributed by atoms with Crippen molar-refractivity contribution in [3.05, 3.63) is 11.2 Å². The Balaban J connectivity index is 2.90. The molecule has 0 aromatic carbocycles. The van der Waals surface area contributed by atoms with Crippen LogP contribution in [0.4, 0.5) is 24.9 Å². The van der Waals surface area contributed by atoms with Crippen molar-refractivity contribution in [1.29, 1.82) is 0 Å². The van der Waals surface area contributed by atoms with Gasteiger partial charge in [-0.3, -0.25) is 0 Å². The van der Waals surface area contributed by atoms with Gasteiger partial charge in [-0.15, -0.1) is 0 Å². The second-order valence-corrected chi connectivity index (χ2v) is 3.28. The summed E-state index contributed by atoms with van der Waals surface area (Å²) in [6.45, 7) is -1.15. The van der Waals surface area contributed by atoms with Crippen LogP contribution < -0.4 is 10.6 Å². The maximum absolute atomic E-state index is 12.1. The molecule has 1 rings (SSSR count). The number of hydrogen-bond acceptors (Lipinski definition) is 4. The fourth-order valence-electron chi connectivity index (χ4n) is 0.983. The van der Waals surface area contributed by atoms with Crippen molar-refractivity contribution < 1.29 is 13.2 Å². The minimum Gasteiger partial charge on any atom is -0.368 e. The van der Waals surface area contributed by atoms with Crippen LogP contribution in [-0.4, -0.2) is 29.7 Å². The van der Waals surface area contributed by atoms with Gasteiger partial charge >= 0.3 is 6.18 Å².